The van der Waals surface area contributed by atoms with Crippen LogP contribution in [0, 0.1) is 28.6 Å². The maximum absolute atomic E-state index is 14.0. The lowest BCUT2D eigenvalue weighted by Gasteiger charge is -2.40. The minimum absolute atomic E-state index is 0.0716. The smallest absolute Gasteiger partial charge is 0.270 e. The van der Waals surface area contributed by atoms with Gasteiger partial charge in [0.15, 0.2) is 29.0 Å². The first-order valence-corrected chi connectivity index (χ1v) is 40.8. The molecule has 9 N–H and O–H groups in total. The van der Waals surface area contributed by atoms with Gasteiger partial charge >= 0.3 is 0 Å². The van der Waals surface area contributed by atoms with E-state index in [4.69, 9.17) is 59.8 Å². The molecular formula is C90H90ClF4N17O6S2. The molecule has 4 aliphatic heterocycles. The Bertz CT molecular complexity index is 5480. The summed E-state index contributed by atoms with van der Waals surface area (Å²) in [6.45, 7) is 9.44. The van der Waals surface area contributed by atoms with Gasteiger partial charge in [0.25, 0.3) is 29.6 Å². The van der Waals surface area contributed by atoms with Crippen LogP contribution in [0.3, 0.4) is 0 Å². The number of hydrogen-bond donors (Lipinski definition) is 5. The van der Waals surface area contributed by atoms with E-state index in [1.54, 1.807) is 72.9 Å². The van der Waals surface area contributed by atoms with Crippen molar-refractivity contribution in [2.24, 2.45) is 55.9 Å². The molecule has 15 rings (SSSR count). The number of thiophene rings is 2. The number of aryl methyl sites for hydroxylation is 1. The molecule has 5 amide bonds. The van der Waals surface area contributed by atoms with Crippen LogP contribution in [0.15, 0.2) is 237 Å². The van der Waals surface area contributed by atoms with E-state index in [2.05, 4.69) is 39.5 Å². The Morgan fingerprint density at radius 1 is 0.592 bits per heavy atom. The van der Waals surface area contributed by atoms with E-state index in [9.17, 15) is 41.5 Å². The molecule has 1 saturated carbocycles. The molecular weight excluding hydrogens is 1590 g/mol. The van der Waals surface area contributed by atoms with Gasteiger partial charge in [-0.3, -0.25) is 43.4 Å². The first-order valence-electron chi connectivity index (χ1n) is 38.7. The summed E-state index contributed by atoms with van der Waals surface area (Å²) >= 11 is 8.80. The standard InChI is InChI=1S/C30H34N4O3.C22H20ClN5O.2C19H18F2N4OS/c1-2-3-19-37-20-11-18-32-27(35)24-13-10-12-23(21-24)22-34-28(36)30(33-29(34)31,25-14-6-4-7-15-25)26-16-8-5-9-17-26;1-27-19(10-11-25-27)28-20(29)22(16-8-9-16,26-21(28)24)17-6-2-4-14(12-17)15-5-3-7-18(23)13-15;2*1-18(14-8-11(9-22)10-27-14)15(16(26)25(3)17(23)24-18)12-4-6-13(7-5-12)19(2,20)21/h4-10,12-17,21H,2-3,11,18-20,22H2,1H3,(H2,31,33)(H,32,35);2-7,10-13,16H,8-9H2,1H3,(H2,24,26);2*4-8,10,15H,1-3H3,(H2,23,24)/t;;15-,18+;15-,18-/m..01/s1. The zero-order valence-corrected chi connectivity index (χ0v) is 69.6. The first kappa shape index (κ1) is 86.7. The highest BCUT2D eigenvalue weighted by Gasteiger charge is 2.59. The minimum Gasteiger partial charge on any atom is -0.381 e. The lowest BCUT2D eigenvalue weighted by molar-refractivity contribution is -0.131. The van der Waals surface area contributed by atoms with Gasteiger partial charge in [0.2, 0.25) is 17.8 Å². The summed E-state index contributed by atoms with van der Waals surface area (Å²) in [4.78, 5) is 92.0. The number of guanidine groups is 4. The van der Waals surface area contributed by atoms with Crippen molar-refractivity contribution in [2.75, 3.05) is 38.8 Å². The average Bonchev–Trinajstić information content (AvgIpc) is 1.55. The number of nitrogens with one attached hydrogen (secondary N) is 1. The van der Waals surface area contributed by atoms with E-state index in [-0.39, 0.29) is 77.0 Å². The Morgan fingerprint density at radius 3 is 1.57 bits per heavy atom. The Kier molecular flexibility index (Phi) is 25.9. The molecule has 1 fully saturated rings. The van der Waals surface area contributed by atoms with Crippen LogP contribution in [0.4, 0.5) is 23.4 Å². The normalized spacial score (nSPS) is 20.1. The molecule has 618 valence electrons. The summed E-state index contributed by atoms with van der Waals surface area (Å²) in [5.41, 5.74) is 27.7. The van der Waals surface area contributed by atoms with Crippen molar-refractivity contribution in [1.29, 1.82) is 10.5 Å². The number of nitrogens with two attached hydrogens (primary N) is 4. The van der Waals surface area contributed by atoms with E-state index in [1.165, 1.54) is 105 Å². The number of nitriles is 2. The van der Waals surface area contributed by atoms with Crippen molar-refractivity contribution >= 4 is 93.5 Å². The van der Waals surface area contributed by atoms with Crippen molar-refractivity contribution in [3.63, 3.8) is 0 Å². The molecule has 0 radical (unpaired) electrons. The number of alkyl halides is 4. The van der Waals surface area contributed by atoms with E-state index in [0.717, 1.165) is 85.9 Å². The van der Waals surface area contributed by atoms with Gasteiger partial charge in [-0.15, -0.1) is 22.7 Å². The van der Waals surface area contributed by atoms with Gasteiger partial charge in [-0.25, -0.2) is 42.4 Å². The van der Waals surface area contributed by atoms with Crippen LogP contribution in [0.2, 0.25) is 5.02 Å². The van der Waals surface area contributed by atoms with Crippen molar-refractivity contribution in [3.05, 3.63) is 293 Å². The number of aliphatic imine (C=N–C) groups is 4. The number of likely N-dealkylation sites (N-methyl/N-ethyl adjacent to an activating group) is 2. The van der Waals surface area contributed by atoms with Crippen LogP contribution in [-0.2, 0) is 71.5 Å². The number of nitrogens with zero attached hydrogens (tertiary/aromatic N) is 12. The number of carbonyl (C=O) groups is 5. The Morgan fingerprint density at radius 2 is 1.09 bits per heavy atom. The lowest BCUT2D eigenvalue weighted by Crippen LogP contribution is -2.52. The molecule has 120 heavy (non-hydrogen) atoms. The van der Waals surface area contributed by atoms with E-state index < -0.39 is 45.8 Å². The summed E-state index contributed by atoms with van der Waals surface area (Å²) in [5.74, 6) is -7.25. The first-order chi connectivity index (χ1) is 57.2. The fraction of sp³-hybridized carbons (Fsp3) is 0.289. The number of aromatic nitrogens is 2. The fourth-order valence-electron chi connectivity index (χ4n) is 15.0. The second-order valence-corrected chi connectivity index (χ2v) is 32.4. The zero-order chi connectivity index (χ0) is 86.2. The van der Waals surface area contributed by atoms with Gasteiger partial charge in [-0.05, 0) is 132 Å². The van der Waals surface area contributed by atoms with Crippen molar-refractivity contribution < 1.29 is 46.3 Å². The molecule has 5 aliphatic rings. The summed E-state index contributed by atoms with van der Waals surface area (Å²) in [5, 5.41) is 29.4. The zero-order valence-electron chi connectivity index (χ0n) is 67.2. The highest BCUT2D eigenvalue weighted by Crippen LogP contribution is 2.54. The third-order valence-corrected chi connectivity index (χ3v) is 24.3. The second-order valence-electron chi connectivity index (χ2n) is 30.2. The molecule has 0 spiro atoms. The molecule has 1 aliphatic carbocycles. The van der Waals surface area contributed by atoms with Crippen LogP contribution in [0.25, 0.3) is 11.1 Å². The van der Waals surface area contributed by atoms with Crippen LogP contribution < -0.4 is 33.2 Å². The van der Waals surface area contributed by atoms with Crippen LogP contribution in [-0.4, -0.2) is 112 Å². The van der Waals surface area contributed by atoms with Crippen molar-refractivity contribution in [3.8, 4) is 23.3 Å². The highest BCUT2D eigenvalue weighted by molar-refractivity contribution is 7.10. The molecule has 30 heteroatoms. The Balaban J connectivity index is 0.000000148. The topological polar surface area (TPSA) is 338 Å². The van der Waals surface area contributed by atoms with Crippen LogP contribution in [0.1, 0.15) is 154 Å². The molecule has 5 atom stereocenters. The van der Waals surface area contributed by atoms with Gasteiger partial charge in [0.1, 0.15) is 29.0 Å². The maximum atomic E-state index is 14.0. The van der Waals surface area contributed by atoms with E-state index >= 15 is 0 Å². The monoisotopic (exact) mass is 1680 g/mol. The summed E-state index contributed by atoms with van der Waals surface area (Å²) < 4.78 is 61.3. The average molecular weight is 1680 g/mol. The molecule has 7 aromatic carbocycles. The molecule has 10 aromatic rings. The third kappa shape index (κ3) is 17.9. The molecule has 23 nitrogen and oxygen atoms in total. The molecule has 7 heterocycles. The number of unbranched alkanes of at least 4 members (excludes halogenated alkanes) is 1. The van der Waals surface area contributed by atoms with Crippen molar-refractivity contribution in [2.45, 2.75) is 119 Å². The predicted octanol–water partition coefficient (Wildman–Crippen LogP) is 15.0. The largest absolute Gasteiger partial charge is 0.381 e. The number of carbonyl (C=O) groups excluding carboxylic acids is 5. The molecule has 0 bridgehead atoms. The Hall–Kier alpha value is -12.7. The third-order valence-electron chi connectivity index (χ3n) is 21.7. The second kappa shape index (κ2) is 35.9. The number of ether oxygens (including phenoxy) is 1. The predicted molar refractivity (Wildman–Crippen MR) is 458 cm³/mol. The fourth-order valence-corrected chi connectivity index (χ4v) is 17.2. The lowest BCUT2D eigenvalue weighted by atomic mass is 9.77. The summed E-state index contributed by atoms with van der Waals surface area (Å²) in [7, 11) is 4.83. The summed E-state index contributed by atoms with van der Waals surface area (Å²) in [6.07, 6.45) is 6.45. The van der Waals surface area contributed by atoms with Crippen LogP contribution >= 0.6 is 34.3 Å². The van der Waals surface area contributed by atoms with Crippen LogP contribution in [0.5, 0.6) is 0 Å². The quantitative estimate of drug-likeness (QED) is 0.0312. The number of anilines is 1. The summed E-state index contributed by atoms with van der Waals surface area (Å²) in [6, 6.07) is 62.5. The Labute approximate surface area is 706 Å². The van der Waals surface area contributed by atoms with E-state index in [0.29, 0.717) is 61.6 Å². The number of amides is 5. The van der Waals surface area contributed by atoms with E-state index in [1.807, 2.05) is 121 Å². The molecule has 3 aromatic heterocycles. The highest BCUT2D eigenvalue weighted by atomic mass is 35.5. The van der Waals surface area contributed by atoms with Gasteiger partial charge in [-0.1, -0.05) is 177 Å². The number of rotatable bonds is 22. The van der Waals surface area contributed by atoms with Gasteiger partial charge in [0, 0.05) is 103 Å². The van der Waals surface area contributed by atoms with Gasteiger partial charge in [-0.2, -0.15) is 15.6 Å². The SMILES string of the molecule is CCCCOCCCNC(=O)c1cccc(CN2C(=O)C(c3ccccc3)(c3ccccc3)N=C2N)c1.CN1C(=O)[C@@H](c2ccc(C(C)(F)F)cc2)[C@@](C)(c2cc(C#N)cs2)N=C1N.CN1C(=O)[C@H](c2ccc(C(C)(F)F)cc2)[C@@](C)(c2cc(C#N)cs2)N=C1N.Cn1nccc1N1C(=O)C(c2cccc(-c3cccc(Cl)c3)c2)(C2CC2)N=C1N. The van der Waals surface area contributed by atoms with Gasteiger partial charge < -0.3 is 33.0 Å². The van der Waals surface area contributed by atoms with Gasteiger partial charge in [0.05, 0.1) is 35.7 Å². The molecule has 1 unspecified atom stereocenters. The molecule has 0 saturated heterocycles. The minimum atomic E-state index is -2.97. The maximum Gasteiger partial charge on any atom is 0.270 e. The number of benzene rings is 7. The van der Waals surface area contributed by atoms with Crippen molar-refractivity contribution in [1.82, 2.24) is 29.8 Å². The number of halogens is 5. The number of hydrogen-bond acceptors (Lipinski definition) is 19.